The Bertz CT molecular complexity index is 1460. The number of amides is 2. The van der Waals surface area contributed by atoms with E-state index in [1.165, 1.54) is 23.5 Å². The summed E-state index contributed by atoms with van der Waals surface area (Å²) in [5, 5.41) is 17.2. The summed E-state index contributed by atoms with van der Waals surface area (Å²) in [5.41, 5.74) is 3.86. The van der Waals surface area contributed by atoms with Crippen molar-refractivity contribution in [2.75, 3.05) is 13.6 Å². The van der Waals surface area contributed by atoms with Crippen LogP contribution in [0, 0.1) is 5.82 Å². The van der Waals surface area contributed by atoms with Gasteiger partial charge in [-0.2, -0.15) is 0 Å². The third-order valence-electron chi connectivity index (χ3n) is 7.19. The molecule has 42 heavy (non-hydrogen) atoms. The van der Waals surface area contributed by atoms with E-state index in [2.05, 4.69) is 20.6 Å². The van der Waals surface area contributed by atoms with Crippen molar-refractivity contribution in [3.8, 4) is 0 Å². The molecule has 2 amide bonds. The average Bonchev–Trinajstić information content (AvgIpc) is 3.68. The van der Waals surface area contributed by atoms with Gasteiger partial charge in [0.1, 0.15) is 17.9 Å². The van der Waals surface area contributed by atoms with Crippen molar-refractivity contribution in [2.45, 2.75) is 64.4 Å². The Morgan fingerprint density at radius 2 is 1.95 bits per heavy atom. The number of rotatable bonds is 13. The number of aliphatic hydroxyl groups excluding tert-OH is 1. The highest BCUT2D eigenvalue weighted by molar-refractivity contribution is 7.09. The second-order valence-corrected chi connectivity index (χ2v) is 11.1. The van der Waals surface area contributed by atoms with Gasteiger partial charge in [-0.3, -0.25) is 9.78 Å². The third-order valence-corrected chi connectivity index (χ3v) is 7.94. The zero-order valence-electron chi connectivity index (χ0n) is 24.0. The summed E-state index contributed by atoms with van der Waals surface area (Å²) in [6, 6.07) is 9.75. The molecule has 4 aromatic rings. The van der Waals surface area contributed by atoms with Crippen LogP contribution in [0.15, 0.2) is 58.6 Å². The highest BCUT2D eigenvalue weighted by Gasteiger charge is 2.30. The molecule has 0 spiro atoms. The maximum atomic E-state index is 13.8. The minimum atomic E-state index is -1.17. The largest absolute Gasteiger partial charge is 0.444 e. The predicted octanol–water partition coefficient (Wildman–Crippen LogP) is 4.84. The molecule has 0 fully saturated rings. The minimum absolute atomic E-state index is 0.0340. The Morgan fingerprint density at radius 3 is 2.62 bits per heavy atom. The monoisotopic (exact) mass is 597 g/mol. The highest BCUT2D eigenvalue weighted by Crippen LogP contribution is 2.23. The molecular formula is C30H36FN5O5S. The molecule has 2 aromatic carbocycles. The number of thiazole rings is 1. The minimum Gasteiger partial charge on any atom is -0.444 e. The van der Waals surface area contributed by atoms with Crippen LogP contribution in [0.2, 0.25) is 0 Å². The SMILES string of the molecule is CCC(C)N(CC(O)[C@H](Cc1ccc(F)cc1)NC(=O)OCc1cncs1)C(=O)c1ccc2nc(C(C)NC)oc2c1. The number of nitrogens with one attached hydrogen (secondary N) is 2. The molecule has 0 radical (unpaired) electrons. The predicted molar refractivity (Wildman–Crippen MR) is 158 cm³/mol. The molecule has 4 atom stereocenters. The van der Waals surface area contributed by atoms with E-state index in [9.17, 15) is 19.1 Å². The molecule has 224 valence electrons. The molecule has 4 rings (SSSR count). The summed E-state index contributed by atoms with van der Waals surface area (Å²) >= 11 is 1.35. The quantitative estimate of drug-likeness (QED) is 0.200. The molecular weight excluding hydrogens is 561 g/mol. The van der Waals surface area contributed by atoms with E-state index in [0.717, 1.165) is 4.88 Å². The lowest BCUT2D eigenvalue weighted by Gasteiger charge is -2.33. The fourth-order valence-electron chi connectivity index (χ4n) is 4.36. The lowest BCUT2D eigenvalue weighted by atomic mass is 9.99. The lowest BCUT2D eigenvalue weighted by Crippen LogP contribution is -2.52. The summed E-state index contributed by atoms with van der Waals surface area (Å²) in [7, 11) is 1.81. The Morgan fingerprint density at radius 1 is 1.19 bits per heavy atom. The summed E-state index contributed by atoms with van der Waals surface area (Å²) < 4.78 is 24.7. The van der Waals surface area contributed by atoms with E-state index in [1.807, 2.05) is 27.8 Å². The van der Waals surface area contributed by atoms with E-state index in [1.54, 1.807) is 46.9 Å². The van der Waals surface area contributed by atoms with Gasteiger partial charge in [0.25, 0.3) is 5.91 Å². The van der Waals surface area contributed by atoms with Crippen LogP contribution in [0.25, 0.3) is 11.1 Å². The molecule has 12 heteroatoms. The topological polar surface area (TPSA) is 130 Å². The van der Waals surface area contributed by atoms with E-state index in [4.69, 9.17) is 9.15 Å². The fourth-order valence-corrected chi connectivity index (χ4v) is 4.87. The van der Waals surface area contributed by atoms with Gasteiger partial charge in [-0.1, -0.05) is 19.1 Å². The van der Waals surface area contributed by atoms with Crippen molar-refractivity contribution in [2.24, 2.45) is 0 Å². The molecule has 3 N–H and O–H groups in total. The Hall–Kier alpha value is -3.87. The number of carbonyl (C=O) groups is 2. The molecule has 3 unspecified atom stereocenters. The number of nitrogens with zero attached hydrogens (tertiary/aromatic N) is 3. The number of hydrogen-bond donors (Lipinski definition) is 3. The first-order valence-corrected chi connectivity index (χ1v) is 14.7. The van der Waals surface area contributed by atoms with Gasteiger partial charge >= 0.3 is 6.09 Å². The summed E-state index contributed by atoms with van der Waals surface area (Å²) in [6.45, 7) is 5.75. The molecule has 0 aliphatic rings. The standard InChI is InChI=1S/C30H36FN5O5S/c1-5-18(2)36(29(38)21-8-11-24-27(13-21)41-28(34-24)19(3)32-4)15-26(37)25(12-20-6-9-22(31)10-7-20)35-30(39)40-16-23-14-33-17-42-23/h6-11,13-14,17-19,25-26,32,37H,5,12,15-16H2,1-4H3,(H,35,39)/t18?,19?,25-,26?/m0/s1. The molecule has 2 aromatic heterocycles. The van der Waals surface area contributed by atoms with Gasteiger partial charge in [-0.05, 0) is 69.6 Å². The van der Waals surface area contributed by atoms with Crippen LogP contribution < -0.4 is 10.6 Å². The van der Waals surface area contributed by atoms with Crippen LogP contribution in [0.1, 0.15) is 59.9 Å². The molecule has 0 bridgehead atoms. The molecule has 0 aliphatic carbocycles. The average molecular weight is 598 g/mol. The van der Waals surface area contributed by atoms with Gasteiger partial charge in [0, 0.05) is 24.3 Å². The van der Waals surface area contributed by atoms with Gasteiger partial charge < -0.3 is 29.8 Å². The highest BCUT2D eigenvalue weighted by atomic mass is 32.1. The van der Waals surface area contributed by atoms with Gasteiger partial charge in [0.05, 0.1) is 28.6 Å². The van der Waals surface area contributed by atoms with Gasteiger partial charge in [-0.25, -0.2) is 14.2 Å². The van der Waals surface area contributed by atoms with Crippen molar-refractivity contribution in [3.05, 3.63) is 81.9 Å². The van der Waals surface area contributed by atoms with Crippen LogP contribution in [0.4, 0.5) is 9.18 Å². The molecule has 2 heterocycles. The van der Waals surface area contributed by atoms with Crippen LogP contribution in [-0.4, -0.2) is 63.8 Å². The smallest absolute Gasteiger partial charge is 0.407 e. The number of alkyl carbamates (subject to hydrolysis) is 1. The lowest BCUT2D eigenvalue weighted by molar-refractivity contribution is 0.0424. The number of halogens is 1. The zero-order chi connectivity index (χ0) is 30.2. The molecule has 0 saturated carbocycles. The Kier molecular flexibility index (Phi) is 10.6. The maximum absolute atomic E-state index is 13.8. The van der Waals surface area contributed by atoms with Crippen LogP contribution in [0.5, 0.6) is 0 Å². The van der Waals surface area contributed by atoms with Crippen molar-refractivity contribution in [1.82, 2.24) is 25.5 Å². The number of oxazole rings is 1. The van der Waals surface area contributed by atoms with Crippen LogP contribution >= 0.6 is 11.3 Å². The van der Waals surface area contributed by atoms with E-state index in [-0.39, 0.29) is 37.6 Å². The summed E-state index contributed by atoms with van der Waals surface area (Å²) in [6.07, 6.45) is 0.548. The number of aliphatic hydroxyl groups is 1. The zero-order valence-corrected chi connectivity index (χ0v) is 24.9. The fraction of sp³-hybridized carbons (Fsp3) is 0.400. The number of aromatic nitrogens is 2. The van der Waals surface area contributed by atoms with E-state index < -0.39 is 24.1 Å². The first kappa shape index (κ1) is 31.1. The number of benzene rings is 2. The van der Waals surface area contributed by atoms with Gasteiger partial charge in [0.2, 0.25) is 5.89 Å². The molecule has 0 aliphatic heterocycles. The number of hydrogen-bond acceptors (Lipinski definition) is 9. The van der Waals surface area contributed by atoms with E-state index >= 15 is 0 Å². The Labute approximate surface area is 247 Å². The number of carbonyl (C=O) groups excluding carboxylic acids is 2. The van der Waals surface area contributed by atoms with Crippen LogP contribution in [0.3, 0.4) is 0 Å². The first-order valence-electron chi connectivity index (χ1n) is 13.8. The maximum Gasteiger partial charge on any atom is 0.407 e. The Balaban J connectivity index is 1.53. The second-order valence-electron chi connectivity index (χ2n) is 10.2. The number of ether oxygens (including phenoxy) is 1. The molecule has 0 saturated heterocycles. The normalized spacial score (nSPS) is 14.2. The first-order chi connectivity index (χ1) is 20.2. The number of fused-ring (bicyclic) bond motifs is 1. The van der Waals surface area contributed by atoms with E-state index in [0.29, 0.717) is 34.5 Å². The molecule has 10 nitrogen and oxygen atoms in total. The van der Waals surface area contributed by atoms with Gasteiger partial charge in [-0.15, -0.1) is 11.3 Å². The van der Waals surface area contributed by atoms with Crippen molar-refractivity contribution < 1.29 is 28.2 Å². The van der Waals surface area contributed by atoms with Crippen molar-refractivity contribution >= 4 is 34.4 Å². The summed E-state index contributed by atoms with van der Waals surface area (Å²) in [4.78, 5) is 37.3. The van der Waals surface area contributed by atoms with Crippen molar-refractivity contribution in [3.63, 3.8) is 0 Å². The summed E-state index contributed by atoms with van der Waals surface area (Å²) in [5.74, 6) is -0.168. The third kappa shape index (κ3) is 7.90. The van der Waals surface area contributed by atoms with Crippen molar-refractivity contribution in [1.29, 1.82) is 0 Å². The van der Waals surface area contributed by atoms with Crippen LogP contribution in [-0.2, 0) is 17.8 Å². The second kappa shape index (κ2) is 14.3. The van der Waals surface area contributed by atoms with Gasteiger partial charge in [0.15, 0.2) is 5.58 Å².